The Morgan fingerprint density at radius 2 is 1.84 bits per heavy atom. The molecule has 0 aliphatic rings. The molecule has 1 amide bonds. The summed E-state index contributed by atoms with van der Waals surface area (Å²) in [6, 6.07) is 13.8. The van der Waals surface area contributed by atoms with Crippen LogP contribution in [0.2, 0.25) is 0 Å². The summed E-state index contributed by atoms with van der Waals surface area (Å²) in [7, 11) is 0. The molecule has 32 heavy (non-hydrogen) atoms. The van der Waals surface area contributed by atoms with Gasteiger partial charge in [-0.3, -0.25) is 14.2 Å². The van der Waals surface area contributed by atoms with E-state index in [0.29, 0.717) is 16.7 Å². The van der Waals surface area contributed by atoms with Crippen molar-refractivity contribution in [2.24, 2.45) is 0 Å². The number of aromatic nitrogens is 4. The molecule has 2 aromatic heterocycles. The van der Waals surface area contributed by atoms with Crippen LogP contribution in [0, 0.1) is 13.8 Å². The molecule has 0 unspecified atom stereocenters. The molecule has 0 bridgehead atoms. The minimum absolute atomic E-state index is 0.117. The zero-order chi connectivity index (χ0) is 22.7. The Bertz CT molecular complexity index is 1320. The van der Waals surface area contributed by atoms with E-state index in [1.807, 2.05) is 56.3 Å². The molecule has 4 rings (SSSR count). The molecule has 0 aliphatic carbocycles. The second kappa shape index (κ2) is 9.18. The number of benzene rings is 2. The molecule has 164 valence electrons. The normalized spacial score (nSPS) is 11.1. The average molecular weight is 430 g/mol. The van der Waals surface area contributed by atoms with Crippen molar-refractivity contribution in [1.82, 2.24) is 19.3 Å². The number of aryl methyl sites for hydroxylation is 3. The van der Waals surface area contributed by atoms with E-state index >= 15 is 0 Å². The van der Waals surface area contributed by atoms with Crippen LogP contribution in [-0.4, -0.2) is 25.2 Å². The third kappa shape index (κ3) is 4.46. The highest BCUT2D eigenvalue weighted by Gasteiger charge is 2.14. The first-order chi connectivity index (χ1) is 15.5. The Hall–Kier alpha value is -3.74. The first-order valence-electron chi connectivity index (χ1n) is 10.9. The molecule has 0 saturated carbocycles. The summed E-state index contributed by atoms with van der Waals surface area (Å²) >= 11 is 0. The van der Waals surface area contributed by atoms with E-state index in [-0.39, 0.29) is 18.0 Å². The molecule has 7 nitrogen and oxygen atoms in total. The van der Waals surface area contributed by atoms with E-state index in [9.17, 15) is 9.59 Å². The molecule has 0 fully saturated rings. The third-order valence-electron chi connectivity index (χ3n) is 5.66. The lowest BCUT2D eigenvalue weighted by atomic mass is 10.1. The number of fused-ring (bicyclic) bond motifs is 1. The largest absolute Gasteiger partial charge is 0.325 e. The molecule has 0 aliphatic heterocycles. The van der Waals surface area contributed by atoms with Gasteiger partial charge in [0.15, 0.2) is 5.65 Å². The quantitative estimate of drug-likeness (QED) is 0.478. The standard InChI is InChI=1S/C25H27N5O2/c1-4-5-6-19-8-10-20(11-9-19)28-23(31)15-29-16-26-24-22(25(29)32)14-27-30(24)21-12-7-17(2)18(3)13-21/h7-14,16H,4-6,15H2,1-3H3,(H,28,31). The molecule has 4 aromatic rings. The molecular weight excluding hydrogens is 402 g/mol. The first kappa shape index (κ1) is 21.5. The minimum atomic E-state index is -0.296. The van der Waals surface area contributed by atoms with Gasteiger partial charge in [-0.25, -0.2) is 9.67 Å². The second-order valence-electron chi connectivity index (χ2n) is 8.09. The van der Waals surface area contributed by atoms with Crippen LogP contribution in [-0.2, 0) is 17.8 Å². The van der Waals surface area contributed by atoms with E-state index < -0.39 is 0 Å². The van der Waals surface area contributed by atoms with Crippen molar-refractivity contribution in [3.8, 4) is 5.69 Å². The number of nitrogens with one attached hydrogen (secondary N) is 1. The van der Waals surface area contributed by atoms with Crippen molar-refractivity contribution in [2.45, 2.75) is 46.6 Å². The lowest BCUT2D eigenvalue weighted by Crippen LogP contribution is -2.27. The maximum Gasteiger partial charge on any atom is 0.264 e. The van der Waals surface area contributed by atoms with Crippen molar-refractivity contribution in [3.63, 3.8) is 0 Å². The molecule has 1 N–H and O–H groups in total. The van der Waals surface area contributed by atoms with E-state index in [2.05, 4.69) is 22.3 Å². The van der Waals surface area contributed by atoms with Crippen molar-refractivity contribution in [1.29, 1.82) is 0 Å². The van der Waals surface area contributed by atoms with E-state index in [1.165, 1.54) is 28.2 Å². The highest BCUT2D eigenvalue weighted by Crippen LogP contribution is 2.17. The Balaban J connectivity index is 1.51. The highest BCUT2D eigenvalue weighted by molar-refractivity contribution is 5.90. The van der Waals surface area contributed by atoms with Gasteiger partial charge in [-0.2, -0.15) is 5.10 Å². The Morgan fingerprint density at radius 1 is 1.06 bits per heavy atom. The SMILES string of the molecule is CCCCc1ccc(NC(=O)Cn2cnc3c(cnn3-c3ccc(C)c(C)c3)c2=O)cc1. The predicted octanol–water partition coefficient (Wildman–Crippen LogP) is 4.18. The van der Waals surface area contributed by atoms with Crippen LogP contribution in [0.5, 0.6) is 0 Å². The first-order valence-corrected chi connectivity index (χ1v) is 10.9. The van der Waals surface area contributed by atoms with Crippen molar-refractivity contribution >= 4 is 22.6 Å². The predicted molar refractivity (Wildman–Crippen MR) is 126 cm³/mol. The van der Waals surface area contributed by atoms with Crippen LogP contribution < -0.4 is 10.9 Å². The van der Waals surface area contributed by atoms with Crippen molar-refractivity contribution < 1.29 is 4.79 Å². The fourth-order valence-electron chi connectivity index (χ4n) is 3.60. The van der Waals surface area contributed by atoms with Crippen molar-refractivity contribution in [3.05, 3.63) is 82.0 Å². The number of amides is 1. The number of carbonyl (C=O) groups is 1. The molecule has 0 radical (unpaired) electrons. The summed E-state index contributed by atoms with van der Waals surface area (Å²) in [5, 5.41) is 7.57. The van der Waals surface area contributed by atoms with Crippen LogP contribution in [0.4, 0.5) is 5.69 Å². The lowest BCUT2D eigenvalue weighted by molar-refractivity contribution is -0.116. The summed E-state index contributed by atoms with van der Waals surface area (Å²) in [6.07, 6.45) is 6.22. The summed E-state index contributed by atoms with van der Waals surface area (Å²) in [5.74, 6) is -0.281. The number of nitrogens with zero attached hydrogens (tertiary/aromatic N) is 4. The Morgan fingerprint density at radius 3 is 2.56 bits per heavy atom. The van der Waals surface area contributed by atoms with Gasteiger partial charge in [0, 0.05) is 5.69 Å². The zero-order valence-electron chi connectivity index (χ0n) is 18.6. The van der Waals surface area contributed by atoms with Crippen LogP contribution >= 0.6 is 0 Å². The summed E-state index contributed by atoms with van der Waals surface area (Å²) in [6.45, 7) is 6.12. The van der Waals surface area contributed by atoms with Crippen LogP contribution in [0.1, 0.15) is 36.5 Å². The average Bonchev–Trinajstić information content (AvgIpc) is 3.22. The second-order valence-corrected chi connectivity index (χ2v) is 8.09. The molecule has 2 aromatic carbocycles. The minimum Gasteiger partial charge on any atom is -0.325 e. The topological polar surface area (TPSA) is 81.8 Å². The van der Waals surface area contributed by atoms with Gasteiger partial charge in [0.05, 0.1) is 11.9 Å². The van der Waals surface area contributed by atoms with Crippen molar-refractivity contribution in [2.75, 3.05) is 5.32 Å². The van der Waals surface area contributed by atoms with Gasteiger partial charge in [0.2, 0.25) is 5.91 Å². The number of carbonyl (C=O) groups excluding carboxylic acids is 1. The maximum absolute atomic E-state index is 12.9. The Labute approximate surface area is 186 Å². The highest BCUT2D eigenvalue weighted by atomic mass is 16.2. The Kier molecular flexibility index (Phi) is 6.16. The van der Waals surface area contributed by atoms with Gasteiger partial charge < -0.3 is 5.32 Å². The molecular formula is C25H27N5O2. The fraction of sp³-hybridized carbons (Fsp3) is 0.280. The molecule has 7 heteroatoms. The number of unbranched alkanes of at least 4 members (excludes halogenated alkanes) is 1. The van der Waals surface area contributed by atoms with E-state index in [1.54, 1.807) is 4.68 Å². The summed E-state index contributed by atoms with van der Waals surface area (Å²) in [5.41, 5.74) is 5.29. The van der Waals surface area contributed by atoms with Crippen LogP contribution in [0.15, 0.2) is 59.8 Å². The van der Waals surface area contributed by atoms with E-state index in [0.717, 1.165) is 30.5 Å². The van der Waals surface area contributed by atoms with Gasteiger partial charge in [-0.15, -0.1) is 0 Å². The number of anilines is 1. The van der Waals surface area contributed by atoms with E-state index in [4.69, 9.17) is 0 Å². The summed E-state index contributed by atoms with van der Waals surface area (Å²) < 4.78 is 2.95. The molecule has 2 heterocycles. The monoisotopic (exact) mass is 429 g/mol. The van der Waals surface area contributed by atoms with Gasteiger partial charge in [-0.1, -0.05) is 31.5 Å². The third-order valence-corrected chi connectivity index (χ3v) is 5.66. The maximum atomic E-state index is 12.9. The van der Waals surface area contributed by atoms with Gasteiger partial charge >= 0.3 is 0 Å². The fourth-order valence-corrected chi connectivity index (χ4v) is 3.60. The molecule has 0 saturated heterocycles. The zero-order valence-corrected chi connectivity index (χ0v) is 18.6. The smallest absolute Gasteiger partial charge is 0.264 e. The lowest BCUT2D eigenvalue weighted by Gasteiger charge is -2.09. The van der Waals surface area contributed by atoms with Crippen LogP contribution in [0.3, 0.4) is 0 Å². The van der Waals surface area contributed by atoms with Gasteiger partial charge in [0.25, 0.3) is 5.56 Å². The van der Waals surface area contributed by atoms with Gasteiger partial charge in [0.1, 0.15) is 18.3 Å². The van der Waals surface area contributed by atoms with Crippen LogP contribution in [0.25, 0.3) is 16.7 Å². The molecule has 0 atom stereocenters. The molecule has 0 spiro atoms. The van der Waals surface area contributed by atoms with Gasteiger partial charge in [-0.05, 0) is 67.6 Å². The number of rotatable bonds is 7. The summed E-state index contributed by atoms with van der Waals surface area (Å²) in [4.78, 5) is 29.8. The number of hydrogen-bond acceptors (Lipinski definition) is 4. The number of hydrogen-bond donors (Lipinski definition) is 1.